The van der Waals surface area contributed by atoms with E-state index in [0.717, 1.165) is 12.8 Å². The van der Waals surface area contributed by atoms with Gasteiger partial charge in [0.05, 0.1) is 0 Å². The number of unbranched alkanes of at least 4 members (excludes halogenated alkanes) is 1. The molecule has 0 fully saturated rings. The Morgan fingerprint density at radius 2 is 2.36 bits per heavy atom. The van der Waals surface area contributed by atoms with Gasteiger partial charge in [-0.05, 0) is 12.8 Å². The van der Waals surface area contributed by atoms with E-state index in [2.05, 4.69) is 4.42 Å². The van der Waals surface area contributed by atoms with Gasteiger partial charge in [0, 0.05) is 18.6 Å². The topological polar surface area (TPSA) is 35.1 Å². The van der Waals surface area contributed by atoms with Crippen molar-refractivity contribution in [3.63, 3.8) is 0 Å². The van der Waals surface area contributed by atoms with Gasteiger partial charge in [0.15, 0.2) is 0 Å². The molecule has 0 saturated carbocycles. The summed E-state index contributed by atoms with van der Waals surface area (Å²) in [6.07, 6.45) is 4.88. The van der Waals surface area contributed by atoms with E-state index < -0.39 is 0 Å². The van der Waals surface area contributed by atoms with Crippen molar-refractivity contribution >= 4 is 11.6 Å². The molecule has 0 aliphatic carbocycles. The third-order valence-electron chi connectivity index (χ3n) is 1.43. The minimum atomic E-state index is -0.292. The van der Waals surface area contributed by atoms with E-state index in [1.54, 1.807) is 6.20 Å². The molecule has 0 aliphatic rings. The number of aromatic nitrogens is 1. The molecule has 11 heavy (non-hydrogen) atoms. The molecule has 1 rings (SSSR count). The molecule has 0 amide bonds. The molecule has 62 valence electrons. The quantitative estimate of drug-likeness (QED) is 0.513. The van der Waals surface area contributed by atoms with Crippen LogP contribution in [0, 0.1) is 0 Å². The molecule has 0 saturated heterocycles. The molecule has 0 atom stereocenters. The first-order chi connectivity index (χ1) is 5.34. The van der Waals surface area contributed by atoms with Crippen LogP contribution in [0.15, 0.2) is 21.7 Å². The minimum Gasteiger partial charge on any atom is -0.416 e. The maximum absolute atomic E-state index is 10.8. The third-order valence-corrected chi connectivity index (χ3v) is 1.69. The Kier molecular flexibility index (Phi) is 3.23. The third kappa shape index (κ3) is 2.42. The van der Waals surface area contributed by atoms with Crippen LogP contribution in [0.2, 0.25) is 0 Å². The van der Waals surface area contributed by atoms with Crippen molar-refractivity contribution in [3.8, 4) is 0 Å². The van der Waals surface area contributed by atoms with Gasteiger partial charge in [-0.25, -0.2) is 4.79 Å². The average molecular weight is 176 g/mol. The van der Waals surface area contributed by atoms with Crippen LogP contribution >= 0.6 is 11.6 Å². The Hall–Kier alpha value is -0.700. The molecule has 1 heterocycles. The Morgan fingerprint density at radius 1 is 1.55 bits per heavy atom. The number of hydrogen-bond donors (Lipinski definition) is 0. The molecular formula is C7H10ClNO2. The summed E-state index contributed by atoms with van der Waals surface area (Å²) < 4.78 is 6.10. The molecule has 0 unspecified atom stereocenters. The van der Waals surface area contributed by atoms with Gasteiger partial charge in [0.25, 0.3) is 0 Å². The van der Waals surface area contributed by atoms with Crippen LogP contribution in [0.3, 0.4) is 0 Å². The maximum atomic E-state index is 10.8. The van der Waals surface area contributed by atoms with Crippen molar-refractivity contribution in [2.24, 2.45) is 0 Å². The normalized spacial score (nSPS) is 10.3. The highest BCUT2D eigenvalue weighted by Crippen LogP contribution is 1.94. The summed E-state index contributed by atoms with van der Waals surface area (Å²) in [5.41, 5.74) is 0. The lowest BCUT2D eigenvalue weighted by Crippen LogP contribution is -2.13. The highest BCUT2D eigenvalue weighted by atomic mass is 35.5. The second kappa shape index (κ2) is 4.23. The van der Waals surface area contributed by atoms with Crippen LogP contribution < -0.4 is 5.76 Å². The van der Waals surface area contributed by atoms with Gasteiger partial charge in [-0.1, -0.05) is 0 Å². The van der Waals surface area contributed by atoms with Crippen LogP contribution in [-0.2, 0) is 6.54 Å². The van der Waals surface area contributed by atoms with Gasteiger partial charge < -0.3 is 4.42 Å². The smallest absolute Gasteiger partial charge is 0.416 e. The van der Waals surface area contributed by atoms with E-state index in [1.807, 2.05) is 0 Å². The predicted molar refractivity (Wildman–Crippen MR) is 42.9 cm³/mol. The number of nitrogens with zero attached hydrogens (tertiary/aromatic N) is 1. The summed E-state index contributed by atoms with van der Waals surface area (Å²) in [5.74, 6) is 0.353. The molecular weight excluding hydrogens is 166 g/mol. The number of rotatable bonds is 4. The lowest BCUT2D eigenvalue weighted by Gasteiger charge is -1.96. The summed E-state index contributed by atoms with van der Waals surface area (Å²) in [6.45, 7) is 0.696. The second-order valence-corrected chi connectivity index (χ2v) is 2.64. The molecule has 0 aromatic carbocycles. The standard InChI is InChI=1S/C7H10ClNO2/c8-3-1-2-4-9-5-6-11-7(9)10/h5-6H,1-4H2. The van der Waals surface area contributed by atoms with Crippen molar-refractivity contribution in [1.29, 1.82) is 0 Å². The fraction of sp³-hybridized carbons (Fsp3) is 0.571. The fourth-order valence-electron chi connectivity index (χ4n) is 0.833. The van der Waals surface area contributed by atoms with Gasteiger partial charge >= 0.3 is 5.76 Å². The van der Waals surface area contributed by atoms with Crippen molar-refractivity contribution in [2.75, 3.05) is 5.88 Å². The number of oxazole rings is 1. The molecule has 0 N–H and O–H groups in total. The van der Waals surface area contributed by atoms with E-state index in [-0.39, 0.29) is 5.76 Å². The first-order valence-electron chi connectivity index (χ1n) is 3.54. The lowest BCUT2D eigenvalue weighted by atomic mass is 10.3. The van der Waals surface area contributed by atoms with Crippen molar-refractivity contribution in [3.05, 3.63) is 23.0 Å². The number of halogens is 1. The first kappa shape index (κ1) is 8.40. The first-order valence-corrected chi connectivity index (χ1v) is 4.08. The minimum absolute atomic E-state index is 0.292. The zero-order chi connectivity index (χ0) is 8.10. The van der Waals surface area contributed by atoms with E-state index in [4.69, 9.17) is 11.6 Å². The number of alkyl halides is 1. The summed E-state index contributed by atoms with van der Waals surface area (Å²) in [4.78, 5) is 10.8. The zero-order valence-corrected chi connectivity index (χ0v) is 6.88. The molecule has 3 nitrogen and oxygen atoms in total. The van der Waals surface area contributed by atoms with Crippen LogP contribution in [-0.4, -0.2) is 10.4 Å². The van der Waals surface area contributed by atoms with Gasteiger partial charge in [-0.2, -0.15) is 0 Å². The van der Waals surface area contributed by atoms with Gasteiger partial charge in [0.2, 0.25) is 0 Å². The van der Waals surface area contributed by atoms with Gasteiger partial charge in [0.1, 0.15) is 6.26 Å². The summed E-state index contributed by atoms with van der Waals surface area (Å²) >= 11 is 5.47. The summed E-state index contributed by atoms with van der Waals surface area (Å²) in [5, 5.41) is 0. The van der Waals surface area contributed by atoms with Crippen molar-refractivity contribution < 1.29 is 4.42 Å². The zero-order valence-electron chi connectivity index (χ0n) is 6.12. The molecule has 0 radical (unpaired) electrons. The predicted octanol–water partition coefficient (Wildman–Crippen LogP) is 1.46. The molecule has 0 spiro atoms. The van der Waals surface area contributed by atoms with Crippen LogP contribution in [0.25, 0.3) is 0 Å². The Labute approximate surface area is 69.6 Å². The molecule has 1 aromatic heterocycles. The van der Waals surface area contributed by atoms with Gasteiger partial charge in [-0.15, -0.1) is 11.6 Å². The second-order valence-electron chi connectivity index (χ2n) is 2.26. The van der Waals surface area contributed by atoms with Gasteiger partial charge in [-0.3, -0.25) is 4.57 Å². The highest BCUT2D eigenvalue weighted by Gasteiger charge is 1.95. The molecule has 0 bridgehead atoms. The van der Waals surface area contributed by atoms with E-state index in [1.165, 1.54) is 10.8 Å². The average Bonchev–Trinajstić information content (AvgIpc) is 2.37. The SMILES string of the molecule is O=c1occn1CCCCCl. The van der Waals surface area contributed by atoms with E-state index in [0.29, 0.717) is 12.4 Å². The van der Waals surface area contributed by atoms with E-state index in [9.17, 15) is 4.79 Å². The number of hydrogen-bond acceptors (Lipinski definition) is 2. The van der Waals surface area contributed by atoms with Crippen molar-refractivity contribution in [2.45, 2.75) is 19.4 Å². The van der Waals surface area contributed by atoms with Crippen LogP contribution in [0.4, 0.5) is 0 Å². The Bertz CT molecular complexity index is 253. The Morgan fingerprint density at radius 3 is 2.91 bits per heavy atom. The largest absolute Gasteiger partial charge is 0.418 e. The highest BCUT2D eigenvalue weighted by molar-refractivity contribution is 6.17. The van der Waals surface area contributed by atoms with Crippen LogP contribution in [0.1, 0.15) is 12.8 Å². The summed E-state index contributed by atoms with van der Waals surface area (Å²) in [7, 11) is 0. The van der Waals surface area contributed by atoms with E-state index >= 15 is 0 Å². The van der Waals surface area contributed by atoms with Crippen molar-refractivity contribution in [1.82, 2.24) is 4.57 Å². The van der Waals surface area contributed by atoms with Crippen LogP contribution in [0.5, 0.6) is 0 Å². The summed E-state index contributed by atoms with van der Waals surface area (Å²) in [6, 6.07) is 0. The molecule has 0 aliphatic heterocycles. The molecule has 4 heteroatoms. The number of aryl methyl sites for hydroxylation is 1. The fourth-order valence-corrected chi connectivity index (χ4v) is 1.02. The lowest BCUT2D eigenvalue weighted by molar-refractivity contribution is 0.471. The Balaban J connectivity index is 2.39. The maximum Gasteiger partial charge on any atom is 0.418 e. The monoisotopic (exact) mass is 175 g/mol. The molecule has 1 aromatic rings.